The Morgan fingerprint density at radius 3 is 2.06 bits per heavy atom. The topological polar surface area (TPSA) is 12.0 Å². The average molecular weight is 251 g/mol. The molecular weight excluding hydrogens is 225 g/mol. The van der Waals surface area contributed by atoms with Crippen molar-refractivity contribution in [1.82, 2.24) is 5.32 Å². The third kappa shape index (κ3) is 6.15. The first-order chi connectivity index (χ1) is 8.18. The number of nitrogens with one attached hydrogen (secondary N) is 1. The fourth-order valence-electron chi connectivity index (χ4n) is 1.73. The zero-order valence-corrected chi connectivity index (χ0v) is 12.3. The van der Waals surface area contributed by atoms with Crippen molar-refractivity contribution >= 4 is 0 Å². The van der Waals surface area contributed by atoms with Crippen LogP contribution >= 0.6 is 0 Å². The van der Waals surface area contributed by atoms with Gasteiger partial charge in [-0.05, 0) is 56.7 Å². The van der Waals surface area contributed by atoms with E-state index in [0.717, 1.165) is 19.4 Å². The van der Waals surface area contributed by atoms with Gasteiger partial charge in [0.05, 0.1) is 0 Å². The largest absolute Gasteiger partial charge is 0.312 e. The van der Waals surface area contributed by atoms with Crippen molar-refractivity contribution in [2.75, 3.05) is 6.54 Å². The van der Waals surface area contributed by atoms with E-state index in [1.165, 1.54) is 17.7 Å². The molecule has 0 amide bonds. The first kappa shape index (κ1) is 15.2. The number of halogens is 1. The summed E-state index contributed by atoms with van der Waals surface area (Å²) < 4.78 is 12.8. The Hall–Kier alpha value is -0.890. The van der Waals surface area contributed by atoms with Crippen LogP contribution in [0.15, 0.2) is 24.3 Å². The summed E-state index contributed by atoms with van der Waals surface area (Å²) in [6, 6.07) is 6.83. The maximum atomic E-state index is 12.8. The van der Waals surface area contributed by atoms with Crippen LogP contribution < -0.4 is 5.32 Å². The number of hydrogen-bond acceptors (Lipinski definition) is 1. The van der Waals surface area contributed by atoms with Gasteiger partial charge < -0.3 is 5.32 Å². The van der Waals surface area contributed by atoms with Gasteiger partial charge in [0.1, 0.15) is 5.82 Å². The first-order valence-corrected chi connectivity index (χ1v) is 6.67. The van der Waals surface area contributed by atoms with Crippen LogP contribution in [0.5, 0.6) is 0 Å². The molecule has 0 fully saturated rings. The van der Waals surface area contributed by atoms with Crippen molar-refractivity contribution in [2.24, 2.45) is 5.41 Å². The van der Waals surface area contributed by atoms with E-state index in [4.69, 9.17) is 0 Å². The van der Waals surface area contributed by atoms with Crippen LogP contribution in [0.25, 0.3) is 0 Å². The second kappa shape index (κ2) is 5.83. The highest BCUT2D eigenvalue weighted by molar-refractivity contribution is 5.16. The van der Waals surface area contributed by atoms with Gasteiger partial charge in [-0.25, -0.2) is 4.39 Å². The number of hydrogen-bond donors (Lipinski definition) is 1. The molecule has 18 heavy (non-hydrogen) atoms. The molecule has 0 unspecified atom stereocenters. The lowest BCUT2D eigenvalue weighted by Crippen LogP contribution is -2.42. The van der Waals surface area contributed by atoms with Gasteiger partial charge in [0.25, 0.3) is 0 Å². The molecule has 102 valence electrons. The summed E-state index contributed by atoms with van der Waals surface area (Å²) in [5.41, 5.74) is 1.62. The van der Waals surface area contributed by atoms with Crippen LogP contribution in [0.4, 0.5) is 4.39 Å². The summed E-state index contributed by atoms with van der Waals surface area (Å²) in [6.07, 6.45) is 2.10. The molecule has 1 aromatic carbocycles. The van der Waals surface area contributed by atoms with Crippen molar-refractivity contribution in [3.8, 4) is 0 Å². The molecule has 0 aliphatic carbocycles. The molecule has 0 saturated carbocycles. The van der Waals surface area contributed by atoms with Gasteiger partial charge in [-0.2, -0.15) is 0 Å². The van der Waals surface area contributed by atoms with Crippen LogP contribution in [0, 0.1) is 11.2 Å². The zero-order chi connectivity index (χ0) is 13.8. The predicted molar refractivity (Wildman–Crippen MR) is 76.3 cm³/mol. The van der Waals surface area contributed by atoms with E-state index in [-0.39, 0.29) is 16.8 Å². The third-order valence-electron chi connectivity index (χ3n) is 3.10. The summed E-state index contributed by atoms with van der Waals surface area (Å²) in [5, 5.41) is 3.55. The lowest BCUT2D eigenvalue weighted by molar-refractivity contribution is 0.273. The van der Waals surface area contributed by atoms with Crippen molar-refractivity contribution in [3.05, 3.63) is 35.6 Å². The fraction of sp³-hybridized carbons (Fsp3) is 0.625. The SMILES string of the molecule is CC(C)(CCc1ccc(F)cc1)CNC(C)(C)C. The van der Waals surface area contributed by atoms with E-state index < -0.39 is 0 Å². The van der Waals surface area contributed by atoms with Gasteiger partial charge in [-0.3, -0.25) is 0 Å². The highest BCUT2D eigenvalue weighted by Gasteiger charge is 2.20. The number of aryl methyl sites for hydroxylation is 1. The Kier molecular flexibility index (Phi) is 4.92. The molecule has 1 nitrogen and oxygen atoms in total. The lowest BCUT2D eigenvalue weighted by atomic mass is 9.85. The van der Waals surface area contributed by atoms with E-state index in [0.29, 0.717) is 0 Å². The summed E-state index contributed by atoms with van der Waals surface area (Å²) in [6.45, 7) is 12.1. The van der Waals surface area contributed by atoms with Crippen LogP contribution in [-0.4, -0.2) is 12.1 Å². The van der Waals surface area contributed by atoms with E-state index in [1.54, 1.807) is 0 Å². The van der Waals surface area contributed by atoms with Crippen molar-refractivity contribution < 1.29 is 4.39 Å². The number of benzene rings is 1. The molecule has 1 rings (SSSR count). The summed E-state index contributed by atoms with van der Waals surface area (Å²) in [4.78, 5) is 0. The smallest absolute Gasteiger partial charge is 0.123 e. The van der Waals surface area contributed by atoms with Gasteiger partial charge in [0.15, 0.2) is 0 Å². The molecule has 1 aromatic rings. The molecule has 1 N–H and O–H groups in total. The monoisotopic (exact) mass is 251 g/mol. The Labute approximate surface area is 111 Å². The fourth-order valence-corrected chi connectivity index (χ4v) is 1.73. The maximum Gasteiger partial charge on any atom is 0.123 e. The van der Waals surface area contributed by atoms with Crippen molar-refractivity contribution in [1.29, 1.82) is 0 Å². The van der Waals surface area contributed by atoms with Gasteiger partial charge in [-0.15, -0.1) is 0 Å². The summed E-state index contributed by atoms with van der Waals surface area (Å²) in [5.74, 6) is -0.160. The van der Waals surface area contributed by atoms with Crippen LogP contribution in [0.2, 0.25) is 0 Å². The molecule has 0 saturated heterocycles. The molecule has 0 aliphatic rings. The quantitative estimate of drug-likeness (QED) is 0.828. The lowest BCUT2D eigenvalue weighted by Gasteiger charge is -2.30. The highest BCUT2D eigenvalue weighted by Crippen LogP contribution is 2.23. The van der Waals surface area contributed by atoms with E-state index in [2.05, 4.69) is 39.9 Å². The molecule has 2 heteroatoms. The molecule has 0 heterocycles. The maximum absolute atomic E-state index is 12.8. The van der Waals surface area contributed by atoms with Crippen molar-refractivity contribution in [2.45, 2.75) is 53.0 Å². The van der Waals surface area contributed by atoms with Crippen LogP contribution in [0.1, 0.15) is 46.6 Å². The van der Waals surface area contributed by atoms with Crippen molar-refractivity contribution in [3.63, 3.8) is 0 Å². The molecule has 0 radical (unpaired) electrons. The summed E-state index contributed by atoms with van der Waals surface area (Å²) >= 11 is 0. The van der Waals surface area contributed by atoms with Gasteiger partial charge >= 0.3 is 0 Å². The second-order valence-electron chi connectivity index (χ2n) is 6.89. The van der Waals surface area contributed by atoms with E-state index in [9.17, 15) is 4.39 Å². The minimum absolute atomic E-state index is 0.160. The molecule has 0 atom stereocenters. The normalized spacial score (nSPS) is 12.8. The van der Waals surface area contributed by atoms with Crippen LogP contribution in [-0.2, 0) is 6.42 Å². The Morgan fingerprint density at radius 2 is 1.56 bits per heavy atom. The second-order valence-corrected chi connectivity index (χ2v) is 6.89. The van der Waals surface area contributed by atoms with Gasteiger partial charge in [0, 0.05) is 12.1 Å². The summed E-state index contributed by atoms with van der Waals surface area (Å²) in [7, 11) is 0. The van der Waals surface area contributed by atoms with E-state index >= 15 is 0 Å². The Morgan fingerprint density at radius 1 is 1.00 bits per heavy atom. The Bertz CT molecular complexity index is 360. The Balaban J connectivity index is 2.43. The molecular formula is C16H26FN. The van der Waals surface area contributed by atoms with E-state index in [1.807, 2.05) is 12.1 Å². The highest BCUT2D eigenvalue weighted by atomic mass is 19.1. The molecule has 0 bridgehead atoms. The minimum Gasteiger partial charge on any atom is -0.312 e. The minimum atomic E-state index is -0.160. The predicted octanol–water partition coefficient (Wildman–Crippen LogP) is 4.17. The molecule has 0 spiro atoms. The van der Waals surface area contributed by atoms with Gasteiger partial charge in [-0.1, -0.05) is 26.0 Å². The van der Waals surface area contributed by atoms with Gasteiger partial charge in [0.2, 0.25) is 0 Å². The third-order valence-corrected chi connectivity index (χ3v) is 3.10. The standard InChI is InChI=1S/C16H26FN/c1-15(2,3)18-12-16(4,5)11-10-13-6-8-14(17)9-7-13/h6-9,18H,10-12H2,1-5H3. The average Bonchev–Trinajstić information content (AvgIpc) is 2.25. The zero-order valence-electron chi connectivity index (χ0n) is 12.3. The molecule has 0 aliphatic heterocycles. The molecule has 0 aromatic heterocycles. The number of rotatable bonds is 5. The first-order valence-electron chi connectivity index (χ1n) is 6.67. The van der Waals surface area contributed by atoms with Crippen LogP contribution in [0.3, 0.4) is 0 Å².